The van der Waals surface area contributed by atoms with Gasteiger partial charge in [-0.1, -0.05) is 6.58 Å². The molecule has 0 aromatic carbocycles. The Morgan fingerprint density at radius 1 is 1.45 bits per heavy atom. The molecule has 0 fully saturated rings. The Balaban J connectivity index is 2.41. The first-order valence-corrected chi connectivity index (χ1v) is 3.60. The van der Waals surface area contributed by atoms with Crippen molar-refractivity contribution >= 4 is 5.82 Å². The first-order chi connectivity index (χ1) is 5.36. The van der Waals surface area contributed by atoms with Gasteiger partial charge >= 0.3 is 0 Å². The number of fused-ring (bicyclic) bond motifs is 1. The number of aromatic nitrogens is 2. The van der Waals surface area contributed by atoms with Gasteiger partial charge in [-0.05, 0) is 12.8 Å². The predicted octanol–water partition coefficient (Wildman–Crippen LogP) is 1.35. The second-order valence-electron chi connectivity index (χ2n) is 2.63. The van der Waals surface area contributed by atoms with E-state index in [1.165, 1.54) is 5.56 Å². The normalized spacial score (nSPS) is 15.5. The summed E-state index contributed by atoms with van der Waals surface area (Å²) in [6, 6.07) is 0. The second kappa shape index (κ2) is 2.34. The van der Waals surface area contributed by atoms with Crippen LogP contribution in [0.2, 0.25) is 0 Å². The quantitative estimate of drug-likeness (QED) is 0.602. The third-order valence-electron chi connectivity index (χ3n) is 1.78. The van der Waals surface area contributed by atoms with Crippen LogP contribution in [0.15, 0.2) is 24.8 Å². The molecule has 2 heterocycles. The highest BCUT2D eigenvalue weighted by molar-refractivity contribution is 5.49. The Labute approximate surface area is 65.2 Å². The molecule has 0 saturated carbocycles. The summed E-state index contributed by atoms with van der Waals surface area (Å²) >= 11 is 0. The zero-order valence-electron chi connectivity index (χ0n) is 6.17. The molecule has 1 N–H and O–H groups in total. The summed E-state index contributed by atoms with van der Waals surface area (Å²) in [6.45, 7) is 3.84. The van der Waals surface area contributed by atoms with Gasteiger partial charge in [0.15, 0.2) is 0 Å². The van der Waals surface area contributed by atoms with Crippen LogP contribution in [0.3, 0.4) is 0 Å². The molecule has 0 spiro atoms. The topological polar surface area (TPSA) is 37.8 Å². The number of rotatable bonds is 0. The SMILES string of the molecule is C=C1CCc2cncnc2N1. The Morgan fingerprint density at radius 3 is 3.27 bits per heavy atom. The summed E-state index contributed by atoms with van der Waals surface area (Å²) in [6.07, 6.45) is 5.38. The summed E-state index contributed by atoms with van der Waals surface area (Å²) in [5.41, 5.74) is 2.22. The molecule has 0 aliphatic carbocycles. The van der Waals surface area contributed by atoms with Crippen molar-refractivity contribution in [3.63, 3.8) is 0 Å². The van der Waals surface area contributed by atoms with E-state index in [0.717, 1.165) is 24.4 Å². The molecular formula is C8H9N3. The van der Waals surface area contributed by atoms with Crippen molar-refractivity contribution in [2.45, 2.75) is 12.8 Å². The molecule has 11 heavy (non-hydrogen) atoms. The summed E-state index contributed by atoms with van der Waals surface area (Å²) in [7, 11) is 0. The van der Waals surface area contributed by atoms with Gasteiger partial charge in [0.05, 0.1) is 0 Å². The van der Waals surface area contributed by atoms with Crippen LogP contribution < -0.4 is 5.32 Å². The molecule has 3 nitrogen and oxygen atoms in total. The third-order valence-corrected chi connectivity index (χ3v) is 1.78. The van der Waals surface area contributed by atoms with Gasteiger partial charge in [-0.2, -0.15) is 0 Å². The molecule has 1 aliphatic rings. The molecule has 1 aliphatic heterocycles. The molecule has 0 amide bonds. The van der Waals surface area contributed by atoms with Gasteiger partial charge in [0.1, 0.15) is 12.1 Å². The highest BCUT2D eigenvalue weighted by Gasteiger charge is 2.10. The maximum absolute atomic E-state index is 4.09. The van der Waals surface area contributed by atoms with Crippen LogP contribution in [0.5, 0.6) is 0 Å². The summed E-state index contributed by atoms with van der Waals surface area (Å²) < 4.78 is 0. The first kappa shape index (κ1) is 6.34. The van der Waals surface area contributed by atoms with Crippen molar-refractivity contribution in [1.29, 1.82) is 0 Å². The lowest BCUT2D eigenvalue weighted by atomic mass is 10.1. The van der Waals surface area contributed by atoms with Crippen molar-refractivity contribution < 1.29 is 0 Å². The van der Waals surface area contributed by atoms with Gasteiger partial charge in [0.2, 0.25) is 0 Å². The molecule has 2 rings (SSSR count). The molecule has 0 bridgehead atoms. The number of aryl methyl sites for hydroxylation is 1. The first-order valence-electron chi connectivity index (χ1n) is 3.60. The molecule has 1 aromatic rings. The van der Waals surface area contributed by atoms with E-state index in [-0.39, 0.29) is 0 Å². The summed E-state index contributed by atoms with van der Waals surface area (Å²) in [5.74, 6) is 0.913. The highest BCUT2D eigenvalue weighted by atomic mass is 15.0. The molecule has 3 heteroatoms. The molecule has 0 unspecified atom stereocenters. The fourth-order valence-corrected chi connectivity index (χ4v) is 1.17. The van der Waals surface area contributed by atoms with Crippen molar-refractivity contribution in [2.75, 3.05) is 5.32 Å². The van der Waals surface area contributed by atoms with E-state index in [4.69, 9.17) is 0 Å². The number of allylic oxidation sites excluding steroid dienone is 1. The zero-order valence-corrected chi connectivity index (χ0v) is 6.17. The molecule has 0 radical (unpaired) electrons. The Bertz CT molecular complexity index is 293. The Morgan fingerprint density at radius 2 is 2.36 bits per heavy atom. The van der Waals surface area contributed by atoms with Crippen LogP contribution >= 0.6 is 0 Å². The Kier molecular flexibility index (Phi) is 1.35. The summed E-state index contributed by atoms with van der Waals surface area (Å²) in [4.78, 5) is 8.03. The number of hydrogen-bond donors (Lipinski definition) is 1. The molecule has 0 saturated heterocycles. The third kappa shape index (κ3) is 1.09. The average Bonchev–Trinajstić information content (AvgIpc) is 2.04. The van der Waals surface area contributed by atoms with E-state index >= 15 is 0 Å². The maximum Gasteiger partial charge on any atom is 0.136 e. The number of nitrogens with zero attached hydrogens (tertiary/aromatic N) is 2. The van der Waals surface area contributed by atoms with Gasteiger partial charge in [-0.3, -0.25) is 0 Å². The van der Waals surface area contributed by atoms with Crippen LogP contribution in [0.25, 0.3) is 0 Å². The maximum atomic E-state index is 4.09. The van der Waals surface area contributed by atoms with Crippen LogP contribution in [0, 0.1) is 0 Å². The van der Waals surface area contributed by atoms with Crippen molar-refractivity contribution in [2.24, 2.45) is 0 Å². The van der Waals surface area contributed by atoms with Crippen molar-refractivity contribution in [3.05, 3.63) is 30.4 Å². The van der Waals surface area contributed by atoms with Gasteiger partial charge < -0.3 is 5.32 Å². The number of hydrogen-bond acceptors (Lipinski definition) is 3. The van der Waals surface area contributed by atoms with Crippen molar-refractivity contribution in [3.8, 4) is 0 Å². The van der Waals surface area contributed by atoms with Crippen LogP contribution in [0.4, 0.5) is 5.82 Å². The van der Waals surface area contributed by atoms with E-state index < -0.39 is 0 Å². The Hall–Kier alpha value is -1.38. The lowest BCUT2D eigenvalue weighted by Crippen LogP contribution is -2.10. The van der Waals surface area contributed by atoms with Crippen molar-refractivity contribution in [1.82, 2.24) is 9.97 Å². The van der Waals surface area contributed by atoms with Gasteiger partial charge in [-0.15, -0.1) is 0 Å². The van der Waals surface area contributed by atoms with E-state index in [9.17, 15) is 0 Å². The smallest absolute Gasteiger partial charge is 0.136 e. The van der Waals surface area contributed by atoms with E-state index in [1.807, 2.05) is 6.20 Å². The van der Waals surface area contributed by atoms with E-state index in [2.05, 4.69) is 21.9 Å². The fourth-order valence-electron chi connectivity index (χ4n) is 1.17. The highest BCUT2D eigenvalue weighted by Crippen LogP contribution is 2.21. The minimum absolute atomic E-state index is 0.913. The monoisotopic (exact) mass is 147 g/mol. The van der Waals surface area contributed by atoms with Crippen LogP contribution in [-0.2, 0) is 6.42 Å². The lowest BCUT2D eigenvalue weighted by molar-refractivity contribution is 0.887. The molecule has 0 atom stereocenters. The largest absolute Gasteiger partial charge is 0.344 e. The standard InChI is InChI=1S/C8H9N3/c1-6-2-3-7-4-9-5-10-8(7)11-6/h4-5H,1-3H2,(H,9,10,11). The van der Waals surface area contributed by atoms with Crippen LogP contribution in [-0.4, -0.2) is 9.97 Å². The van der Waals surface area contributed by atoms with Gasteiger partial charge in [-0.25, -0.2) is 9.97 Å². The zero-order chi connectivity index (χ0) is 7.68. The minimum Gasteiger partial charge on any atom is -0.344 e. The predicted molar refractivity (Wildman–Crippen MR) is 43.1 cm³/mol. The van der Waals surface area contributed by atoms with Gasteiger partial charge in [0, 0.05) is 17.5 Å². The van der Waals surface area contributed by atoms with E-state index in [0.29, 0.717) is 0 Å². The summed E-state index contributed by atoms with van der Waals surface area (Å²) in [5, 5.41) is 3.11. The molecular weight excluding hydrogens is 138 g/mol. The number of nitrogens with one attached hydrogen (secondary N) is 1. The van der Waals surface area contributed by atoms with E-state index in [1.54, 1.807) is 6.33 Å². The average molecular weight is 147 g/mol. The molecule has 1 aromatic heterocycles. The number of anilines is 1. The second-order valence-corrected chi connectivity index (χ2v) is 2.63. The minimum atomic E-state index is 0.913. The lowest BCUT2D eigenvalue weighted by Gasteiger charge is -2.17. The molecule has 56 valence electrons. The fraction of sp³-hybridized carbons (Fsp3) is 0.250. The van der Waals surface area contributed by atoms with Crippen LogP contribution in [0.1, 0.15) is 12.0 Å². The van der Waals surface area contributed by atoms with Gasteiger partial charge in [0.25, 0.3) is 0 Å².